The van der Waals surface area contributed by atoms with Gasteiger partial charge in [0, 0.05) is 16.8 Å². The number of rotatable bonds is 8. The van der Waals surface area contributed by atoms with Crippen molar-refractivity contribution in [2.75, 3.05) is 20.3 Å². The van der Waals surface area contributed by atoms with Crippen molar-refractivity contribution >= 4 is 17.3 Å². The first-order valence-corrected chi connectivity index (χ1v) is 9.81. The zero-order valence-corrected chi connectivity index (χ0v) is 17.1. The van der Waals surface area contributed by atoms with Crippen molar-refractivity contribution in [3.8, 4) is 11.5 Å². The summed E-state index contributed by atoms with van der Waals surface area (Å²) in [5, 5.41) is 6.79. The van der Waals surface area contributed by atoms with E-state index in [0.29, 0.717) is 13.2 Å². The Labute approximate surface area is 160 Å². The van der Waals surface area contributed by atoms with Crippen molar-refractivity contribution < 1.29 is 9.47 Å². The Morgan fingerprint density at radius 1 is 1.12 bits per heavy atom. The summed E-state index contributed by atoms with van der Waals surface area (Å²) in [6.45, 7) is 10.2. The highest BCUT2D eigenvalue weighted by molar-refractivity contribution is 7.11. The van der Waals surface area contributed by atoms with Crippen LogP contribution in [0.25, 0.3) is 0 Å². The second kappa shape index (κ2) is 10.1. The van der Waals surface area contributed by atoms with Crippen molar-refractivity contribution in [3.63, 3.8) is 0 Å². The maximum Gasteiger partial charge on any atom is 0.191 e. The SMILES string of the molecule is CCOc1ccc(C(C)NC(=NC)NCc2ccc(C)s2)cc1OCC. The lowest BCUT2D eigenvalue weighted by atomic mass is 10.1. The number of nitrogens with one attached hydrogen (secondary N) is 2. The van der Waals surface area contributed by atoms with E-state index in [1.807, 2.05) is 26.0 Å². The van der Waals surface area contributed by atoms with Crippen molar-refractivity contribution in [1.82, 2.24) is 10.6 Å². The molecular formula is C20H29N3O2S. The molecule has 0 aliphatic rings. The second-order valence-corrected chi connectivity index (χ2v) is 7.25. The average Bonchev–Trinajstić information content (AvgIpc) is 3.05. The molecule has 0 saturated heterocycles. The van der Waals surface area contributed by atoms with Gasteiger partial charge >= 0.3 is 0 Å². The van der Waals surface area contributed by atoms with Gasteiger partial charge in [-0.2, -0.15) is 0 Å². The van der Waals surface area contributed by atoms with Crippen molar-refractivity contribution in [2.45, 2.75) is 40.3 Å². The van der Waals surface area contributed by atoms with Crippen molar-refractivity contribution in [1.29, 1.82) is 0 Å². The maximum absolute atomic E-state index is 5.72. The quantitative estimate of drug-likeness (QED) is 0.534. The molecule has 0 aliphatic heterocycles. The summed E-state index contributed by atoms with van der Waals surface area (Å²) in [5.41, 5.74) is 1.12. The summed E-state index contributed by atoms with van der Waals surface area (Å²) in [7, 11) is 1.78. The summed E-state index contributed by atoms with van der Waals surface area (Å²) in [4.78, 5) is 6.93. The number of thiophene rings is 1. The lowest BCUT2D eigenvalue weighted by Gasteiger charge is -2.20. The van der Waals surface area contributed by atoms with Gasteiger partial charge in [0.15, 0.2) is 17.5 Å². The van der Waals surface area contributed by atoms with Gasteiger partial charge in [0.25, 0.3) is 0 Å². The monoisotopic (exact) mass is 375 g/mol. The lowest BCUT2D eigenvalue weighted by Crippen LogP contribution is -2.38. The minimum Gasteiger partial charge on any atom is -0.490 e. The van der Waals surface area contributed by atoms with E-state index >= 15 is 0 Å². The van der Waals surface area contributed by atoms with E-state index in [9.17, 15) is 0 Å². The zero-order chi connectivity index (χ0) is 18.9. The summed E-state index contributed by atoms with van der Waals surface area (Å²) < 4.78 is 11.4. The lowest BCUT2D eigenvalue weighted by molar-refractivity contribution is 0.287. The number of hydrogen-bond donors (Lipinski definition) is 2. The Morgan fingerprint density at radius 3 is 2.46 bits per heavy atom. The Balaban J connectivity index is 2.02. The fraction of sp³-hybridized carbons (Fsp3) is 0.450. The minimum absolute atomic E-state index is 0.0844. The largest absolute Gasteiger partial charge is 0.490 e. The predicted octanol–water partition coefficient (Wildman–Crippen LogP) is 4.28. The van der Waals surface area contributed by atoms with Crippen LogP contribution in [0.4, 0.5) is 0 Å². The maximum atomic E-state index is 5.72. The minimum atomic E-state index is 0.0844. The van der Waals surface area contributed by atoms with Crippen LogP contribution in [0.2, 0.25) is 0 Å². The number of nitrogens with zero attached hydrogens (tertiary/aromatic N) is 1. The van der Waals surface area contributed by atoms with Crippen molar-refractivity contribution in [2.24, 2.45) is 4.99 Å². The van der Waals surface area contributed by atoms with Crippen LogP contribution in [0.5, 0.6) is 11.5 Å². The number of aliphatic imine (C=N–C) groups is 1. The summed E-state index contributed by atoms with van der Waals surface area (Å²) >= 11 is 1.79. The van der Waals surface area contributed by atoms with Gasteiger partial charge in [-0.25, -0.2) is 0 Å². The number of ether oxygens (including phenoxy) is 2. The highest BCUT2D eigenvalue weighted by Gasteiger charge is 2.12. The molecule has 1 atom stereocenters. The summed E-state index contributed by atoms with van der Waals surface area (Å²) in [6, 6.07) is 10.4. The van der Waals surface area contributed by atoms with Gasteiger partial charge < -0.3 is 20.1 Å². The number of aryl methyl sites for hydroxylation is 1. The fourth-order valence-corrected chi connectivity index (χ4v) is 3.40. The molecule has 2 rings (SSSR count). The number of guanidine groups is 1. The predicted molar refractivity (Wildman–Crippen MR) is 110 cm³/mol. The highest BCUT2D eigenvalue weighted by Crippen LogP contribution is 2.30. The van der Waals surface area contributed by atoms with Crippen LogP contribution in [0.15, 0.2) is 35.3 Å². The molecule has 1 aromatic carbocycles. The highest BCUT2D eigenvalue weighted by atomic mass is 32.1. The van der Waals surface area contributed by atoms with Crippen LogP contribution in [-0.4, -0.2) is 26.2 Å². The molecule has 0 aliphatic carbocycles. The Kier molecular flexibility index (Phi) is 7.78. The molecule has 6 heteroatoms. The first kappa shape index (κ1) is 20.1. The third kappa shape index (κ3) is 5.66. The molecule has 1 unspecified atom stereocenters. The molecular weight excluding hydrogens is 346 g/mol. The molecule has 142 valence electrons. The Bertz CT molecular complexity index is 728. The average molecular weight is 376 g/mol. The second-order valence-electron chi connectivity index (χ2n) is 5.88. The molecule has 26 heavy (non-hydrogen) atoms. The summed E-state index contributed by atoms with van der Waals surface area (Å²) in [5.74, 6) is 2.33. The first-order chi connectivity index (χ1) is 12.6. The molecule has 0 amide bonds. The molecule has 1 heterocycles. The van der Waals surface area contributed by atoms with E-state index in [1.165, 1.54) is 9.75 Å². The van der Waals surface area contributed by atoms with Crippen LogP contribution >= 0.6 is 11.3 Å². The van der Waals surface area contributed by atoms with E-state index in [0.717, 1.165) is 29.6 Å². The molecule has 2 aromatic rings. The normalized spacial score (nSPS) is 12.6. The standard InChI is InChI=1S/C20H29N3O2S/c1-6-24-18-11-9-16(12-19(18)25-7-2)15(4)23-20(21-5)22-13-17-10-8-14(3)26-17/h8-12,15H,6-7,13H2,1-5H3,(H2,21,22,23). The van der Waals surface area contributed by atoms with Gasteiger partial charge in [-0.15, -0.1) is 11.3 Å². The van der Waals surface area contributed by atoms with E-state index in [2.05, 4.69) is 47.7 Å². The van der Waals surface area contributed by atoms with Gasteiger partial charge in [0.2, 0.25) is 0 Å². The first-order valence-electron chi connectivity index (χ1n) is 8.99. The van der Waals surface area contributed by atoms with Gasteiger partial charge in [-0.3, -0.25) is 4.99 Å². The van der Waals surface area contributed by atoms with Crippen LogP contribution < -0.4 is 20.1 Å². The molecule has 0 radical (unpaired) electrons. The van der Waals surface area contributed by atoms with E-state index in [-0.39, 0.29) is 6.04 Å². The van der Waals surface area contributed by atoms with Crippen LogP contribution in [0, 0.1) is 6.92 Å². The third-order valence-electron chi connectivity index (χ3n) is 3.87. The molecule has 0 fully saturated rings. The molecule has 0 spiro atoms. The Hall–Kier alpha value is -2.21. The van der Waals surface area contributed by atoms with Crippen LogP contribution in [0.3, 0.4) is 0 Å². The molecule has 0 saturated carbocycles. The third-order valence-corrected chi connectivity index (χ3v) is 4.87. The van der Waals surface area contributed by atoms with Gasteiger partial charge in [-0.1, -0.05) is 6.07 Å². The topological polar surface area (TPSA) is 54.9 Å². The van der Waals surface area contributed by atoms with Gasteiger partial charge in [0.05, 0.1) is 25.8 Å². The van der Waals surface area contributed by atoms with Crippen molar-refractivity contribution in [3.05, 3.63) is 45.6 Å². The van der Waals surface area contributed by atoms with Crippen LogP contribution in [-0.2, 0) is 6.54 Å². The molecule has 2 N–H and O–H groups in total. The number of benzene rings is 1. The van der Waals surface area contributed by atoms with E-state index < -0.39 is 0 Å². The molecule has 0 bridgehead atoms. The van der Waals surface area contributed by atoms with Crippen LogP contribution in [0.1, 0.15) is 42.1 Å². The zero-order valence-electron chi connectivity index (χ0n) is 16.3. The Morgan fingerprint density at radius 2 is 1.85 bits per heavy atom. The molecule has 1 aromatic heterocycles. The van der Waals surface area contributed by atoms with E-state index in [4.69, 9.17) is 9.47 Å². The van der Waals surface area contributed by atoms with Gasteiger partial charge in [-0.05, 0) is 57.5 Å². The van der Waals surface area contributed by atoms with Gasteiger partial charge in [0.1, 0.15) is 0 Å². The summed E-state index contributed by atoms with van der Waals surface area (Å²) in [6.07, 6.45) is 0. The van der Waals surface area contributed by atoms with E-state index in [1.54, 1.807) is 18.4 Å². The molecule has 5 nitrogen and oxygen atoms in total. The smallest absolute Gasteiger partial charge is 0.191 e. The number of hydrogen-bond acceptors (Lipinski definition) is 4. The fourth-order valence-electron chi connectivity index (χ4n) is 2.57.